The standard InChI is InChI=1S/C21H18N6O2S/c1-12-10-28-11-20-14(19(8-22)26-27(20)2)4-6-18-15-7-13(3-5-17(15)24-25-18)16-9-23-30-21(16)29-12/h3-7,9,12H,10-11H2,1-2H3,(H,24,25)/b6-4+/t12-/m0/s1. The number of benzene rings is 1. The third-order valence-corrected chi connectivity index (χ3v) is 5.75. The fourth-order valence-electron chi connectivity index (χ4n) is 3.54. The number of aromatic nitrogens is 5. The molecule has 8 nitrogen and oxygen atoms in total. The first-order valence-electron chi connectivity index (χ1n) is 9.45. The van der Waals surface area contributed by atoms with Crippen molar-refractivity contribution in [2.75, 3.05) is 6.61 Å². The summed E-state index contributed by atoms with van der Waals surface area (Å²) < 4.78 is 18.0. The zero-order valence-electron chi connectivity index (χ0n) is 16.4. The molecule has 0 saturated carbocycles. The van der Waals surface area contributed by atoms with E-state index in [0.29, 0.717) is 18.9 Å². The lowest BCUT2D eigenvalue weighted by atomic mass is 10.1. The van der Waals surface area contributed by atoms with Crippen LogP contribution in [0.5, 0.6) is 5.06 Å². The van der Waals surface area contributed by atoms with Crippen molar-refractivity contribution in [3.63, 3.8) is 0 Å². The maximum absolute atomic E-state index is 9.51. The Bertz CT molecular complexity index is 1310. The van der Waals surface area contributed by atoms with Gasteiger partial charge in [0, 0.05) is 29.5 Å². The Labute approximate surface area is 176 Å². The van der Waals surface area contributed by atoms with Gasteiger partial charge in [-0.15, -0.1) is 0 Å². The van der Waals surface area contributed by atoms with Gasteiger partial charge in [-0.25, -0.2) is 0 Å². The van der Waals surface area contributed by atoms with E-state index in [4.69, 9.17) is 9.47 Å². The van der Waals surface area contributed by atoms with Crippen LogP contribution in [-0.4, -0.2) is 37.1 Å². The molecular formula is C21H18N6O2S. The fourth-order valence-corrected chi connectivity index (χ4v) is 4.27. The van der Waals surface area contributed by atoms with Gasteiger partial charge >= 0.3 is 0 Å². The Balaban J connectivity index is 1.68. The molecule has 30 heavy (non-hydrogen) atoms. The average Bonchev–Trinajstić information content (AvgIpc) is 3.43. The smallest absolute Gasteiger partial charge is 0.201 e. The number of aromatic amines is 1. The predicted octanol–water partition coefficient (Wildman–Crippen LogP) is 3.76. The van der Waals surface area contributed by atoms with Crippen molar-refractivity contribution in [3.05, 3.63) is 47.0 Å². The molecule has 0 amide bonds. The Morgan fingerprint density at radius 2 is 2.23 bits per heavy atom. The quantitative estimate of drug-likeness (QED) is 0.467. The van der Waals surface area contributed by atoms with E-state index in [1.807, 2.05) is 44.5 Å². The van der Waals surface area contributed by atoms with Crippen molar-refractivity contribution in [1.29, 1.82) is 5.26 Å². The van der Waals surface area contributed by atoms with Crippen LogP contribution in [0.25, 0.3) is 34.2 Å². The number of aryl methyl sites for hydroxylation is 1. The normalized spacial score (nSPS) is 17.4. The van der Waals surface area contributed by atoms with E-state index in [2.05, 4.69) is 31.8 Å². The van der Waals surface area contributed by atoms with E-state index >= 15 is 0 Å². The van der Waals surface area contributed by atoms with Gasteiger partial charge in [-0.05, 0) is 36.8 Å². The van der Waals surface area contributed by atoms with Crippen LogP contribution in [0.1, 0.15) is 29.6 Å². The van der Waals surface area contributed by atoms with Crippen LogP contribution in [0.4, 0.5) is 0 Å². The first-order valence-corrected chi connectivity index (χ1v) is 10.2. The highest BCUT2D eigenvalue weighted by Gasteiger charge is 2.18. The van der Waals surface area contributed by atoms with Gasteiger partial charge in [0.25, 0.3) is 0 Å². The Morgan fingerprint density at radius 1 is 1.33 bits per heavy atom. The average molecular weight is 418 g/mol. The molecule has 3 aromatic heterocycles. The highest BCUT2D eigenvalue weighted by Crippen LogP contribution is 2.36. The summed E-state index contributed by atoms with van der Waals surface area (Å²) in [5, 5.41) is 23.0. The van der Waals surface area contributed by atoms with Gasteiger partial charge in [0.15, 0.2) is 5.69 Å². The number of nitriles is 1. The molecule has 150 valence electrons. The number of H-pyrrole nitrogens is 1. The Hall–Kier alpha value is -3.48. The van der Waals surface area contributed by atoms with Crippen LogP contribution in [-0.2, 0) is 18.4 Å². The zero-order chi connectivity index (χ0) is 20.7. The van der Waals surface area contributed by atoms with Crippen LogP contribution < -0.4 is 4.74 Å². The number of ether oxygens (including phenoxy) is 2. The lowest BCUT2D eigenvalue weighted by Gasteiger charge is -2.15. The van der Waals surface area contributed by atoms with Crippen LogP contribution >= 0.6 is 11.5 Å². The largest absolute Gasteiger partial charge is 0.477 e. The van der Waals surface area contributed by atoms with Crippen molar-refractivity contribution in [2.24, 2.45) is 7.05 Å². The number of hydrogen-bond donors (Lipinski definition) is 1. The molecule has 4 heterocycles. The molecule has 0 aliphatic carbocycles. The zero-order valence-corrected chi connectivity index (χ0v) is 17.2. The van der Waals surface area contributed by atoms with E-state index in [0.717, 1.165) is 44.0 Å². The van der Waals surface area contributed by atoms with E-state index in [1.54, 1.807) is 4.68 Å². The number of nitrogens with one attached hydrogen (secondary N) is 1. The second-order valence-corrected chi connectivity index (χ2v) is 7.88. The monoisotopic (exact) mass is 418 g/mol. The van der Waals surface area contributed by atoms with Crippen LogP contribution in [0, 0.1) is 11.3 Å². The molecule has 0 unspecified atom stereocenters. The molecule has 4 aromatic rings. The molecule has 9 heteroatoms. The fraction of sp³-hybridized carbons (Fsp3) is 0.238. The maximum Gasteiger partial charge on any atom is 0.201 e. The topological polar surface area (TPSA) is 102 Å². The van der Waals surface area contributed by atoms with Crippen LogP contribution in [0.2, 0.25) is 0 Å². The van der Waals surface area contributed by atoms with Crippen LogP contribution in [0.15, 0.2) is 24.4 Å². The third kappa shape index (κ3) is 3.16. The lowest BCUT2D eigenvalue weighted by Crippen LogP contribution is -2.19. The summed E-state index contributed by atoms with van der Waals surface area (Å²) in [6.45, 7) is 2.68. The van der Waals surface area contributed by atoms with E-state index in [9.17, 15) is 5.26 Å². The van der Waals surface area contributed by atoms with Crippen LogP contribution in [0.3, 0.4) is 0 Å². The van der Waals surface area contributed by atoms with E-state index < -0.39 is 0 Å². The number of nitrogens with zero attached hydrogens (tertiary/aromatic N) is 5. The van der Waals surface area contributed by atoms with E-state index in [1.165, 1.54) is 11.5 Å². The molecule has 0 radical (unpaired) electrons. The van der Waals surface area contributed by atoms with Gasteiger partial charge in [-0.2, -0.15) is 19.8 Å². The molecule has 1 atom stereocenters. The molecule has 2 bridgehead atoms. The minimum absolute atomic E-state index is 0.162. The molecule has 5 rings (SSSR count). The summed E-state index contributed by atoms with van der Waals surface area (Å²) in [7, 11) is 1.81. The molecule has 0 spiro atoms. The minimum atomic E-state index is -0.162. The highest BCUT2D eigenvalue weighted by molar-refractivity contribution is 7.08. The predicted molar refractivity (Wildman–Crippen MR) is 114 cm³/mol. The SMILES string of the molecule is C[C@H]1COCc2c(c(C#N)nn2C)/C=C/c2[nH]nc3ccc(cc23)-c2cnsc2O1. The van der Waals surface area contributed by atoms with Gasteiger partial charge in [0.2, 0.25) is 5.06 Å². The molecule has 0 fully saturated rings. The van der Waals surface area contributed by atoms with Gasteiger partial charge in [-0.1, -0.05) is 6.07 Å². The highest BCUT2D eigenvalue weighted by atomic mass is 32.1. The van der Waals surface area contributed by atoms with Crippen molar-refractivity contribution in [2.45, 2.75) is 19.6 Å². The first kappa shape index (κ1) is 18.5. The number of fused-ring (bicyclic) bond motifs is 4. The summed E-state index contributed by atoms with van der Waals surface area (Å²) >= 11 is 1.32. The van der Waals surface area contributed by atoms with Gasteiger partial charge in [0.1, 0.15) is 12.2 Å². The second kappa shape index (κ2) is 7.40. The van der Waals surface area contributed by atoms with Gasteiger partial charge < -0.3 is 9.47 Å². The minimum Gasteiger partial charge on any atom is -0.477 e. The molecule has 1 aliphatic heterocycles. The first-order chi connectivity index (χ1) is 14.6. The second-order valence-electron chi connectivity index (χ2n) is 7.12. The summed E-state index contributed by atoms with van der Waals surface area (Å²) in [6, 6.07) is 8.23. The number of hydrogen-bond acceptors (Lipinski definition) is 7. The molecule has 0 saturated heterocycles. The van der Waals surface area contributed by atoms with Gasteiger partial charge in [-0.3, -0.25) is 9.78 Å². The maximum atomic E-state index is 9.51. The molecule has 1 N–H and O–H groups in total. The summed E-state index contributed by atoms with van der Waals surface area (Å²) in [4.78, 5) is 0. The van der Waals surface area contributed by atoms with Gasteiger partial charge in [0.05, 0.1) is 41.9 Å². The Kier molecular flexibility index (Phi) is 4.58. The van der Waals surface area contributed by atoms with Crippen molar-refractivity contribution < 1.29 is 9.47 Å². The lowest BCUT2D eigenvalue weighted by molar-refractivity contribution is 0.0483. The summed E-state index contributed by atoms with van der Waals surface area (Å²) in [5.41, 5.74) is 5.58. The Morgan fingerprint density at radius 3 is 3.10 bits per heavy atom. The van der Waals surface area contributed by atoms with Crippen molar-refractivity contribution in [1.82, 2.24) is 24.4 Å². The van der Waals surface area contributed by atoms with Crippen molar-refractivity contribution in [3.8, 4) is 22.3 Å². The van der Waals surface area contributed by atoms with Crippen molar-refractivity contribution >= 4 is 34.6 Å². The number of rotatable bonds is 0. The summed E-state index contributed by atoms with van der Waals surface area (Å²) in [5.74, 6) is 0. The molecule has 1 aromatic carbocycles. The molecular weight excluding hydrogens is 400 g/mol. The summed E-state index contributed by atoms with van der Waals surface area (Å²) in [6.07, 6.45) is 5.47. The molecule has 1 aliphatic rings. The third-order valence-electron chi connectivity index (χ3n) is 5.06. The van der Waals surface area contributed by atoms with E-state index in [-0.39, 0.29) is 6.10 Å².